The molecule has 5 nitrogen and oxygen atoms in total. The van der Waals surface area contributed by atoms with Gasteiger partial charge in [0.25, 0.3) is 5.69 Å². The van der Waals surface area contributed by atoms with Gasteiger partial charge >= 0.3 is 0 Å². The molecule has 0 aliphatic carbocycles. The molecule has 0 N–H and O–H groups in total. The van der Waals surface area contributed by atoms with Gasteiger partial charge in [0.15, 0.2) is 5.17 Å². The summed E-state index contributed by atoms with van der Waals surface area (Å²) in [5.41, 5.74) is 1.76. The number of benzene rings is 1. The minimum atomic E-state index is -0.363. The average molecular weight is 386 g/mol. The van der Waals surface area contributed by atoms with E-state index in [2.05, 4.69) is 32.6 Å². The van der Waals surface area contributed by atoms with E-state index in [9.17, 15) is 10.1 Å². The summed E-state index contributed by atoms with van der Waals surface area (Å²) in [6.45, 7) is 11.8. The molecule has 1 aromatic rings. The van der Waals surface area contributed by atoms with Crippen molar-refractivity contribution in [3.8, 4) is 0 Å². The minimum absolute atomic E-state index is 0. The zero-order chi connectivity index (χ0) is 17.9. The normalized spacial score (nSPS) is 18.9. The van der Waals surface area contributed by atoms with Gasteiger partial charge in [-0.15, -0.1) is 12.4 Å². The highest BCUT2D eigenvalue weighted by molar-refractivity contribution is 8.14. The number of halogens is 1. The van der Waals surface area contributed by atoms with E-state index in [1.165, 1.54) is 6.07 Å². The number of hydrogen-bond acceptors (Lipinski definition) is 4. The number of aliphatic imine (C=N–C) groups is 1. The maximum atomic E-state index is 11.0. The Morgan fingerprint density at radius 2 is 2.00 bits per heavy atom. The van der Waals surface area contributed by atoms with Crippen molar-refractivity contribution in [2.24, 2.45) is 16.8 Å². The van der Waals surface area contributed by atoms with Crippen LogP contribution in [0, 0.1) is 28.9 Å². The molecular weight excluding hydrogens is 358 g/mol. The van der Waals surface area contributed by atoms with Gasteiger partial charge in [0, 0.05) is 30.5 Å². The van der Waals surface area contributed by atoms with Crippen LogP contribution < -0.4 is 0 Å². The van der Waals surface area contributed by atoms with Crippen LogP contribution in [-0.4, -0.2) is 33.3 Å². The first kappa shape index (κ1) is 21.8. The van der Waals surface area contributed by atoms with Gasteiger partial charge < -0.3 is 4.90 Å². The fraction of sp³-hybridized carbons (Fsp3) is 0.611. The van der Waals surface area contributed by atoms with Crippen LogP contribution in [0.1, 0.15) is 39.7 Å². The first-order valence-corrected chi connectivity index (χ1v) is 9.49. The first-order valence-electron chi connectivity index (χ1n) is 8.51. The number of amidine groups is 1. The molecule has 0 amide bonds. The third-order valence-corrected chi connectivity index (χ3v) is 5.15. The fourth-order valence-corrected chi connectivity index (χ4v) is 4.10. The molecule has 0 saturated carbocycles. The Hall–Kier alpha value is -1.27. The molecule has 1 fully saturated rings. The lowest BCUT2D eigenvalue weighted by atomic mass is 10.0. The first-order chi connectivity index (χ1) is 11.3. The zero-order valence-corrected chi connectivity index (χ0v) is 17.2. The SMILES string of the molecule is Cc1ccc([N+](=O)[O-])cc1N=C1SC[C@H](CC(C)C)N1CC(C)C.Cl. The molecular formula is C18H28ClN3O2S. The lowest BCUT2D eigenvalue weighted by Gasteiger charge is -2.28. The van der Waals surface area contributed by atoms with Crippen molar-refractivity contribution >= 4 is 40.7 Å². The van der Waals surface area contributed by atoms with Crippen LogP contribution >= 0.6 is 24.2 Å². The van der Waals surface area contributed by atoms with Crippen molar-refractivity contribution < 1.29 is 4.92 Å². The zero-order valence-electron chi connectivity index (χ0n) is 15.6. The number of hydrogen-bond donors (Lipinski definition) is 0. The van der Waals surface area contributed by atoms with Crippen LogP contribution in [0.3, 0.4) is 0 Å². The summed E-state index contributed by atoms with van der Waals surface area (Å²) in [6, 6.07) is 5.38. The predicted octanol–water partition coefficient (Wildman–Crippen LogP) is 5.43. The van der Waals surface area contributed by atoms with Gasteiger partial charge in [-0.25, -0.2) is 4.99 Å². The van der Waals surface area contributed by atoms with Gasteiger partial charge in [-0.3, -0.25) is 10.1 Å². The summed E-state index contributed by atoms with van der Waals surface area (Å²) < 4.78 is 0. The Labute approximate surface area is 160 Å². The maximum Gasteiger partial charge on any atom is 0.271 e. The molecule has 0 unspecified atom stereocenters. The number of nitrogens with zero attached hydrogens (tertiary/aromatic N) is 3. The third-order valence-electron chi connectivity index (χ3n) is 4.02. The summed E-state index contributed by atoms with van der Waals surface area (Å²) >= 11 is 1.77. The Balaban J connectivity index is 0.00000312. The molecule has 1 saturated heterocycles. The van der Waals surface area contributed by atoms with Gasteiger partial charge in [-0.1, -0.05) is 45.5 Å². The van der Waals surface area contributed by atoms with Crippen LogP contribution in [0.2, 0.25) is 0 Å². The quantitative estimate of drug-likeness (QED) is 0.483. The predicted molar refractivity (Wildman–Crippen MR) is 109 cm³/mol. The highest BCUT2D eigenvalue weighted by atomic mass is 35.5. The molecule has 2 rings (SSSR count). The van der Waals surface area contributed by atoms with Crippen LogP contribution in [0.4, 0.5) is 11.4 Å². The molecule has 1 aliphatic heterocycles. The molecule has 1 aliphatic rings. The Morgan fingerprint density at radius 1 is 1.32 bits per heavy atom. The van der Waals surface area contributed by atoms with Crippen molar-refractivity contribution in [2.45, 2.75) is 47.1 Å². The molecule has 1 atom stereocenters. The van der Waals surface area contributed by atoms with E-state index in [0.29, 0.717) is 23.6 Å². The van der Waals surface area contributed by atoms with Gasteiger partial charge in [0.05, 0.1) is 10.6 Å². The topological polar surface area (TPSA) is 58.7 Å². The van der Waals surface area contributed by atoms with Gasteiger partial charge in [0.2, 0.25) is 0 Å². The molecule has 140 valence electrons. The maximum absolute atomic E-state index is 11.0. The summed E-state index contributed by atoms with van der Waals surface area (Å²) in [5.74, 6) is 2.23. The summed E-state index contributed by atoms with van der Waals surface area (Å²) in [7, 11) is 0. The van der Waals surface area contributed by atoms with Crippen molar-refractivity contribution in [3.05, 3.63) is 33.9 Å². The highest BCUT2D eigenvalue weighted by Gasteiger charge is 2.31. The number of aryl methyl sites for hydroxylation is 1. The molecule has 0 bridgehead atoms. The van der Waals surface area contributed by atoms with E-state index in [1.807, 2.05) is 6.92 Å². The second kappa shape index (κ2) is 9.43. The van der Waals surface area contributed by atoms with E-state index in [-0.39, 0.29) is 23.0 Å². The lowest BCUT2D eigenvalue weighted by Crippen LogP contribution is -2.37. The number of rotatable bonds is 6. The van der Waals surface area contributed by atoms with Gasteiger partial charge in [-0.05, 0) is 30.7 Å². The monoisotopic (exact) mass is 385 g/mol. The standard InChI is InChI=1S/C18H27N3O2S.ClH/c1-12(2)8-16-11-24-18(20(16)10-13(3)4)19-17-9-15(21(22)23)7-6-14(17)5;/h6-7,9,12-13,16H,8,10-11H2,1-5H3;1H/t16-;/m0./s1. The van der Waals surface area contributed by atoms with E-state index < -0.39 is 0 Å². The summed E-state index contributed by atoms with van der Waals surface area (Å²) in [5, 5.41) is 12.0. The van der Waals surface area contributed by atoms with E-state index in [4.69, 9.17) is 4.99 Å². The Morgan fingerprint density at radius 3 is 2.56 bits per heavy atom. The van der Waals surface area contributed by atoms with E-state index in [0.717, 1.165) is 29.4 Å². The number of thioether (sulfide) groups is 1. The van der Waals surface area contributed by atoms with E-state index >= 15 is 0 Å². The molecule has 0 radical (unpaired) electrons. The minimum Gasteiger partial charge on any atom is -0.347 e. The van der Waals surface area contributed by atoms with Crippen molar-refractivity contribution in [2.75, 3.05) is 12.3 Å². The smallest absolute Gasteiger partial charge is 0.271 e. The second-order valence-electron chi connectivity index (χ2n) is 7.26. The molecule has 25 heavy (non-hydrogen) atoms. The highest BCUT2D eigenvalue weighted by Crippen LogP contribution is 2.33. The van der Waals surface area contributed by atoms with Crippen molar-refractivity contribution in [1.82, 2.24) is 4.90 Å². The average Bonchev–Trinajstić information content (AvgIpc) is 2.82. The molecule has 1 aromatic carbocycles. The van der Waals surface area contributed by atoms with Crippen molar-refractivity contribution in [1.29, 1.82) is 0 Å². The Bertz CT molecular complexity index is 635. The van der Waals surface area contributed by atoms with Crippen LogP contribution in [-0.2, 0) is 0 Å². The number of nitro groups is 1. The molecule has 0 aromatic heterocycles. The Kier molecular flexibility index (Phi) is 8.22. The fourth-order valence-electron chi connectivity index (χ4n) is 2.89. The summed E-state index contributed by atoms with van der Waals surface area (Å²) in [4.78, 5) is 17.9. The third kappa shape index (κ3) is 5.89. The summed E-state index contributed by atoms with van der Waals surface area (Å²) in [6.07, 6.45) is 1.15. The number of nitro benzene ring substituents is 1. The van der Waals surface area contributed by atoms with E-state index in [1.54, 1.807) is 23.9 Å². The van der Waals surface area contributed by atoms with Crippen LogP contribution in [0.5, 0.6) is 0 Å². The van der Waals surface area contributed by atoms with Gasteiger partial charge in [0.1, 0.15) is 0 Å². The molecule has 0 spiro atoms. The number of non-ortho nitro benzene ring substituents is 1. The van der Waals surface area contributed by atoms with Crippen LogP contribution in [0.25, 0.3) is 0 Å². The van der Waals surface area contributed by atoms with Crippen molar-refractivity contribution in [3.63, 3.8) is 0 Å². The lowest BCUT2D eigenvalue weighted by molar-refractivity contribution is -0.384. The largest absolute Gasteiger partial charge is 0.347 e. The van der Waals surface area contributed by atoms with Crippen LogP contribution in [0.15, 0.2) is 23.2 Å². The molecule has 7 heteroatoms. The van der Waals surface area contributed by atoms with Gasteiger partial charge in [-0.2, -0.15) is 0 Å². The molecule has 1 heterocycles. The second-order valence-corrected chi connectivity index (χ2v) is 8.25.